The fraction of sp³-hybridized carbons (Fsp3) is 0.500. The Hall–Kier alpha value is -1.05. The van der Waals surface area contributed by atoms with E-state index >= 15 is 0 Å². The van der Waals surface area contributed by atoms with Gasteiger partial charge in [-0.3, -0.25) is 5.73 Å². The quantitative estimate of drug-likeness (QED) is 0.679. The molecule has 0 unspecified atom stereocenters. The van der Waals surface area contributed by atoms with Gasteiger partial charge in [-0.05, 0) is 24.5 Å². The minimum absolute atomic E-state index is 0.754. The molecule has 0 spiro atoms. The lowest BCUT2D eigenvalue weighted by Crippen LogP contribution is -2.09. The molecule has 0 fully saturated rings. The first-order chi connectivity index (χ1) is 5.83. The number of aromatic nitrogens is 1. The molecule has 0 bridgehead atoms. The average Bonchev–Trinajstić information content (AvgIpc) is 2.05. The van der Waals surface area contributed by atoms with Crippen molar-refractivity contribution >= 4 is 5.82 Å². The zero-order valence-electron chi connectivity index (χ0n) is 7.64. The molecule has 0 radical (unpaired) electrons. The van der Waals surface area contributed by atoms with Crippen LogP contribution in [0.1, 0.15) is 31.7 Å². The first-order valence-electron chi connectivity index (χ1n) is 4.59. The third-order valence-electron chi connectivity index (χ3n) is 1.96. The number of aromatic amines is 1. The predicted octanol–water partition coefficient (Wildman–Crippen LogP) is 1.82. The van der Waals surface area contributed by atoms with Gasteiger partial charge >= 0.3 is 0 Å². The molecule has 0 aliphatic carbocycles. The van der Waals surface area contributed by atoms with Crippen LogP contribution in [0.4, 0.5) is 5.82 Å². The third-order valence-corrected chi connectivity index (χ3v) is 1.96. The fourth-order valence-electron chi connectivity index (χ4n) is 1.27. The molecule has 0 aromatic carbocycles. The van der Waals surface area contributed by atoms with E-state index in [9.17, 15) is 0 Å². The first kappa shape index (κ1) is 9.04. The topological polar surface area (TPSA) is 40.2 Å². The van der Waals surface area contributed by atoms with Crippen LogP contribution in [0.25, 0.3) is 0 Å². The van der Waals surface area contributed by atoms with E-state index in [1.165, 1.54) is 24.8 Å². The number of nitrogen functional groups attached to an aromatic ring is 1. The number of aryl methyl sites for hydroxylation is 1. The molecular formula is C10H17N2+. The van der Waals surface area contributed by atoms with Crippen LogP contribution in [-0.2, 0) is 6.42 Å². The molecular weight excluding hydrogens is 148 g/mol. The van der Waals surface area contributed by atoms with Crippen LogP contribution in [0.2, 0.25) is 0 Å². The van der Waals surface area contributed by atoms with Crippen LogP contribution in [0, 0.1) is 0 Å². The van der Waals surface area contributed by atoms with Gasteiger partial charge in [0.05, 0.1) is 6.20 Å². The maximum absolute atomic E-state index is 5.61. The maximum Gasteiger partial charge on any atom is 0.270 e. The summed E-state index contributed by atoms with van der Waals surface area (Å²) in [5.41, 5.74) is 6.94. The van der Waals surface area contributed by atoms with Crippen LogP contribution < -0.4 is 10.7 Å². The second-order valence-electron chi connectivity index (χ2n) is 3.11. The summed E-state index contributed by atoms with van der Waals surface area (Å²) < 4.78 is 0. The standard InChI is InChI=1S/C10H16N2/c1-2-3-4-5-9-6-7-12-10(11)8-9/h6-8H,2-5H2,1H3,(H2,11,12)/p+1. The van der Waals surface area contributed by atoms with Crippen molar-refractivity contribution in [2.75, 3.05) is 5.73 Å². The summed E-state index contributed by atoms with van der Waals surface area (Å²) in [4.78, 5) is 2.94. The van der Waals surface area contributed by atoms with Crippen molar-refractivity contribution in [1.29, 1.82) is 0 Å². The van der Waals surface area contributed by atoms with Crippen LogP contribution in [-0.4, -0.2) is 0 Å². The van der Waals surface area contributed by atoms with Gasteiger partial charge in [-0.2, -0.15) is 0 Å². The van der Waals surface area contributed by atoms with Crippen molar-refractivity contribution < 1.29 is 4.98 Å². The van der Waals surface area contributed by atoms with E-state index in [4.69, 9.17) is 5.73 Å². The highest BCUT2D eigenvalue weighted by atomic mass is 14.8. The number of nitrogens with one attached hydrogen (secondary N) is 1. The van der Waals surface area contributed by atoms with Gasteiger partial charge in [0.2, 0.25) is 0 Å². The SMILES string of the molecule is CCCCCc1cc[nH+]c(N)c1. The normalized spacial score (nSPS) is 10.1. The first-order valence-corrected chi connectivity index (χ1v) is 4.59. The highest BCUT2D eigenvalue weighted by Gasteiger charge is 1.96. The molecule has 1 heterocycles. The van der Waals surface area contributed by atoms with E-state index in [1.807, 2.05) is 12.3 Å². The number of rotatable bonds is 4. The largest absolute Gasteiger partial charge is 0.287 e. The van der Waals surface area contributed by atoms with E-state index in [-0.39, 0.29) is 0 Å². The Morgan fingerprint density at radius 1 is 1.42 bits per heavy atom. The molecule has 2 nitrogen and oxygen atoms in total. The number of pyridine rings is 1. The van der Waals surface area contributed by atoms with E-state index in [2.05, 4.69) is 18.0 Å². The van der Waals surface area contributed by atoms with E-state index < -0.39 is 0 Å². The predicted molar refractivity (Wildman–Crippen MR) is 50.6 cm³/mol. The van der Waals surface area contributed by atoms with Gasteiger partial charge in [0.1, 0.15) is 0 Å². The number of hydrogen-bond donors (Lipinski definition) is 1. The molecule has 0 atom stereocenters. The van der Waals surface area contributed by atoms with Crippen LogP contribution >= 0.6 is 0 Å². The molecule has 1 rings (SSSR count). The second-order valence-corrected chi connectivity index (χ2v) is 3.11. The summed E-state index contributed by atoms with van der Waals surface area (Å²) in [5.74, 6) is 0.754. The van der Waals surface area contributed by atoms with Crippen LogP contribution in [0.3, 0.4) is 0 Å². The monoisotopic (exact) mass is 165 g/mol. The second kappa shape index (κ2) is 4.75. The molecule has 2 heteroatoms. The van der Waals surface area contributed by atoms with Crippen molar-refractivity contribution in [3.05, 3.63) is 23.9 Å². The minimum atomic E-state index is 0.754. The molecule has 1 aromatic heterocycles. The molecule has 0 saturated heterocycles. The van der Waals surface area contributed by atoms with Gasteiger partial charge in [-0.15, -0.1) is 0 Å². The molecule has 12 heavy (non-hydrogen) atoms. The van der Waals surface area contributed by atoms with Gasteiger partial charge < -0.3 is 0 Å². The average molecular weight is 165 g/mol. The Labute approximate surface area is 73.8 Å². The highest BCUT2D eigenvalue weighted by Crippen LogP contribution is 2.06. The lowest BCUT2D eigenvalue weighted by Gasteiger charge is -1.98. The minimum Gasteiger partial charge on any atom is -0.287 e. The summed E-state index contributed by atoms with van der Waals surface area (Å²) in [7, 11) is 0. The lowest BCUT2D eigenvalue weighted by molar-refractivity contribution is -0.360. The van der Waals surface area contributed by atoms with Gasteiger partial charge in [0.15, 0.2) is 0 Å². The maximum atomic E-state index is 5.61. The molecule has 0 aliphatic rings. The third kappa shape index (κ3) is 2.91. The van der Waals surface area contributed by atoms with E-state index in [0.29, 0.717) is 0 Å². The zero-order valence-corrected chi connectivity index (χ0v) is 7.64. The van der Waals surface area contributed by atoms with Gasteiger partial charge in [-0.25, -0.2) is 4.98 Å². The lowest BCUT2D eigenvalue weighted by atomic mass is 10.1. The molecule has 3 N–H and O–H groups in total. The molecule has 1 aromatic rings. The summed E-state index contributed by atoms with van der Waals surface area (Å²) in [5, 5.41) is 0. The molecule has 0 saturated carbocycles. The van der Waals surface area contributed by atoms with Crippen molar-refractivity contribution in [3.63, 3.8) is 0 Å². The fourth-order valence-corrected chi connectivity index (χ4v) is 1.27. The van der Waals surface area contributed by atoms with Crippen molar-refractivity contribution in [2.45, 2.75) is 32.6 Å². The summed E-state index contributed by atoms with van der Waals surface area (Å²) >= 11 is 0. The highest BCUT2D eigenvalue weighted by molar-refractivity contribution is 5.25. The summed E-state index contributed by atoms with van der Waals surface area (Å²) in [6.45, 7) is 2.22. The Morgan fingerprint density at radius 3 is 2.92 bits per heavy atom. The number of anilines is 1. The van der Waals surface area contributed by atoms with Crippen molar-refractivity contribution in [1.82, 2.24) is 0 Å². The smallest absolute Gasteiger partial charge is 0.270 e. The Kier molecular flexibility index (Phi) is 3.58. The van der Waals surface area contributed by atoms with E-state index in [1.54, 1.807) is 0 Å². The Morgan fingerprint density at radius 2 is 2.25 bits per heavy atom. The van der Waals surface area contributed by atoms with Gasteiger partial charge in [0, 0.05) is 6.07 Å². The summed E-state index contributed by atoms with van der Waals surface area (Å²) in [6, 6.07) is 4.10. The van der Waals surface area contributed by atoms with Crippen molar-refractivity contribution in [2.24, 2.45) is 0 Å². The van der Waals surface area contributed by atoms with Crippen LogP contribution in [0.5, 0.6) is 0 Å². The molecule has 66 valence electrons. The zero-order chi connectivity index (χ0) is 8.81. The Bertz CT molecular complexity index is 233. The Balaban J connectivity index is 2.41. The van der Waals surface area contributed by atoms with E-state index in [0.717, 1.165) is 12.2 Å². The number of H-pyrrole nitrogens is 1. The van der Waals surface area contributed by atoms with Crippen molar-refractivity contribution in [3.8, 4) is 0 Å². The van der Waals surface area contributed by atoms with Gasteiger partial charge in [-0.1, -0.05) is 19.8 Å². The molecule has 0 amide bonds. The number of hydrogen-bond acceptors (Lipinski definition) is 1. The molecule has 0 aliphatic heterocycles. The summed E-state index contributed by atoms with van der Waals surface area (Å²) in [6.07, 6.45) is 6.89. The van der Waals surface area contributed by atoms with Crippen LogP contribution in [0.15, 0.2) is 18.3 Å². The van der Waals surface area contributed by atoms with Gasteiger partial charge in [0.25, 0.3) is 5.82 Å². The number of nitrogens with two attached hydrogens (primary N) is 1. The number of unbranched alkanes of at least 4 members (excludes halogenated alkanes) is 2.